The quantitative estimate of drug-likeness (QED) is 0.859. The molecule has 1 fully saturated rings. The number of aromatic nitrogens is 1. The summed E-state index contributed by atoms with van der Waals surface area (Å²) in [6.07, 6.45) is 2.27. The standard InChI is InChI=1S/C21H26N4O3/c1-3-16-5-8-18(9-6-16)23-19-10-7-17(15-22-19)20(26)24-11-13-25(14-12-24)21(27)28-4-2/h5-10,15H,3-4,11-14H2,1-2H3,(H,22,23). The summed E-state index contributed by atoms with van der Waals surface area (Å²) in [6, 6.07) is 11.8. The topological polar surface area (TPSA) is 74.8 Å². The molecule has 1 saturated heterocycles. The summed E-state index contributed by atoms with van der Waals surface area (Å²) in [6.45, 7) is 6.19. The van der Waals surface area contributed by atoms with Gasteiger partial charge in [-0.25, -0.2) is 9.78 Å². The Morgan fingerprint density at radius 1 is 1.00 bits per heavy atom. The Hall–Kier alpha value is -3.09. The number of rotatable bonds is 5. The molecule has 1 aromatic carbocycles. The highest BCUT2D eigenvalue weighted by molar-refractivity contribution is 5.94. The number of carbonyl (C=O) groups excluding carboxylic acids is 2. The fraction of sp³-hybridized carbons (Fsp3) is 0.381. The normalized spacial score (nSPS) is 13.9. The van der Waals surface area contributed by atoms with Crippen molar-refractivity contribution in [3.63, 3.8) is 0 Å². The van der Waals surface area contributed by atoms with E-state index in [9.17, 15) is 9.59 Å². The monoisotopic (exact) mass is 382 g/mol. The van der Waals surface area contributed by atoms with E-state index >= 15 is 0 Å². The van der Waals surface area contributed by atoms with Crippen molar-refractivity contribution >= 4 is 23.5 Å². The van der Waals surface area contributed by atoms with Crippen molar-refractivity contribution in [2.24, 2.45) is 0 Å². The van der Waals surface area contributed by atoms with Crippen LogP contribution in [-0.4, -0.2) is 59.6 Å². The third-order valence-corrected chi connectivity index (χ3v) is 4.74. The van der Waals surface area contributed by atoms with Crippen LogP contribution in [0.25, 0.3) is 0 Å². The maximum absolute atomic E-state index is 12.7. The molecule has 2 amide bonds. The minimum atomic E-state index is -0.321. The molecule has 1 aliphatic rings. The van der Waals surface area contributed by atoms with Gasteiger partial charge >= 0.3 is 6.09 Å². The lowest BCUT2D eigenvalue weighted by molar-refractivity contribution is 0.0570. The van der Waals surface area contributed by atoms with Crippen molar-refractivity contribution in [1.29, 1.82) is 0 Å². The molecular formula is C21H26N4O3. The summed E-state index contributed by atoms with van der Waals surface area (Å²) >= 11 is 0. The number of nitrogens with zero attached hydrogens (tertiary/aromatic N) is 3. The molecule has 1 N–H and O–H groups in total. The van der Waals surface area contributed by atoms with Crippen molar-refractivity contribution in [3.05, 3.63) is 53.7 Å². The third kappa shape index (κ3) is 4.79. The van der Waals surface area contributed by atoms with Crippen LogP contribution in [0.2, 0.25) is 0 Å². The van der Waals surface area contributed by atoms with Gasteiger partial charge in [-0.1, -0.05) is 19.1 Å². The molecule has 2 heterocycles. The second-order valence-electron chi connectivity index (χ2n) is 6.59. The summed E-state index contributed by atoms with van der Waals surface area (Å²) in [5.74, 6) is 0.614. The van der Waals surface area contributed by atoms with Crippen LogP contribution in [0.4, 0.5) is 16.3 Å². The zero-order valence-electron chi connectivity index (χ0n) is 16.4. The van der Waals surface area contributed by atoms with Gasteiger partial charge in [0.1, 0.15) is 5.82 Å². The predicted molar refractivity (Wildman–Crippen MR) is 108 cm³/mol. The molecule has 2 aromatic rings. The first-order chi connectivity index (χ1) is 13.6. The van der Waals surface area contributed by atoms with Crippen LogP contribution in [0.5, 0.6) is 0 Å². The van der Waals surface area contributed by atoms with Crippen LogP contribution < -0.4 is 5.32 Å². The molecule has 0 spiro atoms. The highest BCUT2D eigenvalue weighted by atomic mass is 16.6. The lowest BCUT2D eigenvalue weighted by atomic mass is 10.1. The average Bonchev–Trinajstić information content (AvgIpc) is 2.74. The largest absolute Gasteiger partial charge is 0.450 e. The zero-order valence-corrected chi connectivity index (χ0v) is 16.4. The van der Waals surface area contributed by atoms with Gasteiger partial charge in [-0.15, -0.1) is 0 Å². The number of anilines is 2. The number of ether oxygens (including phenoxy) is 1. The Morgan fingerprint density at radius 3 is 2.25 bits per heavy atom. The number of benzene rings is 1. The van der Waals surface area contributed by atoms with Crippen LogP contribution in [0.1, 0.15) is 29.8 Å². The Bertz CT molecular complexity index is 797. The van der Waals surface area contributed by atoms with Gasteiger partial charge in [-0.3, -0.25) is 4.79 Å². The number of aryl methyl sites for hydroxylation is 1. The van der Waals surface area contributed by atoms with Gasteiger partial charge in [0.25, 0.3) is 5.91 Å². The molecule has 0 atom stereocenters. The van der Waals surface area contributed by atoms with E-state index in [-0.39, 0.29) is 12.0 Å². The van der Waals surface area contributed by atoms with E-state index in [0.29, 0.717) is 44.2 Å². The number of pyridine rings is 1. The minimum absolute atomic E-state index is 0.0742. The maximum atomic E-state index is 12.7. The molecule has 0 unspecified atom stereocenters. The Kier molecular flexibility index (Phi) is 6.47. The van der Waals surface area contributed by atoms with E-state index in [4.69, 9.17) is 4.74 Å². The number of hydrogen-bond donors (Lipinski definition) is 1. The van der Waals surface area contributed by atoms with E-state index in [0.717, 1.165) is 12.1 Å². The highest BCUT2D eigenvalue weighted by Gasteiger charge is 2.25. The van der Waals surface area contributed by atoms with Crippen LogP contribution in [0.15, 0.2) is 42.6 Å². The first-order valence-electron chi connectivity index (χ1n) is 9.63. The Morgan fingerprint density at radius 2 is 1.68 bits per heavy atom. The average molecular weight is 382 g/mol. The number of carbonyl (C=O) groups is 2. The zero-order chi connectivity index (χ0) is 19.9. The smallest absolute Gasteiger partial charge is 0.409 e. The number of hydrogen-bond acceptors (Lipinski definition) is 5. The maximum Gasteiger partial charge on any atom is 0.409 e. The van der Waals surface area contributed by atoms with E-state index < -0.39 is 0 Å². The molecule has 148 valence electrons. The van der Waals surface area contributed by atoms with Crippen LogP contribution in [-0.2, 0) is 11.2 Å². The first-order valence-corrected chi connectivity index (χ1v) is 9.63. The van der Waals surface area contributed by atoms with Gasteiger partial charge in [0.05, 0.1) is 12.2 Å². The molecule has 1 aromatic heterocycles. The SMILES string of the molecule is CCOC(=O)N1CCN(C(=O)c2ccc(Nc3ccc(CC)cc3)nc2)CC1. The van der Waals surface area contributed by atoms with E-state index in [1.807, 2.05) is 12.1 Å². The van der Waals surface area contributed by atoms with Gasteiger partial charge in [0.15, 0.2) is 0 Å². The first kappa shape index (κ1) is 19.7. The van der Waals surface area contributed by atoms with Gasteiger partial charge in [-0.2, -0.15) is 0 Å². The number of amides is 2. The molecule has 7 nitrogen and oxygen atoms in total. The molecule has 28 heavy (non-hydrogen) atoms. The van der Waals surface area contributed by atoms with Gasteiger partial charge in [0, 0.05) is 38.1 Å². The van der Waals surface area contributed by atoms with E-state index in [1.54, 1.807) is 35.1 Å². The second-order valence-corrected chi connectivity index (χ2v) is 6.59. The van der Waals surface area contributed by atoms with Crippen molar-refractivity contribution < 1.29 is 14.3 Å². The number of piperazine rings is 1. The molecular weight excluding hydrogens is 356 g/mol. The molecule has 0 aliphatic carbocycles. The molecule has 7 heteroatoms. The Labute approximate surface area is 165 Å². The van der Waals surface area contributed by atoms with Crippen LogP contribution >= 0.6 is 0 Å². The van der Waals surface area contributed by atoms with E-state index in [2.05, 4.69) is 29.4 Å². The van der Waals surface area contributed by atoms with Crippen molar-refractivity contribution in [2.45, 2.75) is 20.3 Å². The molecule has 0 radical (unpaired) electrons. The van der Waals surface area contributed by atoms with Crippen molar-refractivity contribution in [2.75, 3.05) is 38.1 Å². The fourth-order valence-corrected chi connectivity index (χ4v) is 3.06. The lowest BCUT2D eigenvalue weighted by Crippen LogP contribution is -2.50. The number of nitrogens with one attached hydrogen (secondary N) is 1. The van der Waals surface area contributed by atoms with Crippen molar-refractivity contribution in [3.8, 4) is 0 Å². The van der Waals surface area contributed by atoms with Crippen LogP contribution in [0.3, 0.4) is 0 Å². The summed E-state index contributed by atoms with van der Waals surface area (Å²) in [5.41, 5.74) is 2.78. The van der Waals surface area contributed by atoms with Gasteiger partial charge in [0.2, 0.25) is 0 Å². The second kappa shape index (κ2) is 9.21. The summed E-state index contributed by atoms with van der Waals surface area (Å²) in [7, 11) is 0. The summed E-state index contributed by atoms with van der Waals surface area (Å²) in [4.78, 5) is 32.1. The predicted octanol–water partition coefficient (Wildman–Crippen LogP) is 3.30. The Balaban J connectivity index is 1.55. The molecule has 3 rings (SSSR count). The fourth-order valence-electron chi connectivity index (χ4n) is 3.06. The van der Waals surface area contributed by atoms with Gasteiger partial charge in [-0.05, 0) is 43.2 Å². The minimum Gasteiger partial charge on any atom is -0.450 e. The summed E-state index contributed by atoms with van der Waals surface area (Å²) < 4.78 is 5.00. The lowest BCUT2D eigenvalue weighted by Gasteiger charge is -2.34. The van der Waals surface area contributed by atoms with E-state index in [1.165, 1.54) is 5.56 Å². The molecule has 0 saturated carbocycles. The molecule has 1 aliphatic heterocycles. The summed E-state index contributed by atoms with van der Waals surface area (Å²) in [5, 5.41) is 3.24. The highest BCUT2D eigenvalue weighted by Crippen LogP contribution is 2.17. The molecule has 0 bridgehead atoms. The van der Waals surface area contributed by atoms with Crippen LogP contribution in [0, 0.1) is 0 Å². The van der Waals surface area contributed by atoms with Crippen molar-refractivity contribution in [1.82, 2.24) is 14.8 Å². The third-order valence-electron chi connectivity index (χ3n) is 4.74. The van der Waals surface area contributed by atoms with Gasteiger partial charge < -0.3 is 19.9 Å².